The Morgan fingerprint density at radius 2 is 1.86 bits per heavy atom. The molecule has 0 spiro atoms. The van der Waals surface area contributed by atoms with Gasteiger partial charge in [-0.25, -0.2) is 13.6 Å². The summed E-state index contributed by atoms with van der Waals surface area (Å²) in [6, 6.07) is 9.58. The topological polar surface area (TPSA) is 89.3 Å². The van der Waals surface area contributed by atoms with Crippen LogP contribution < -0.4 is 10.5 Å². The van der Waals surface area contributed by atoms with Crippen LogP contribution in [0.3, 0.4) is 0 Å². The van der Waals surface area contributed by atoms with Gasteiger partial charge >= 0.3 is 0 Å². The quantitative estimate of drug-likeness (QED) is 0.847. The molecule has 0 atom stereocenters. The third-order valence-corrected chi connectivity index (χ3v) is 4.51. The van der Waals surface area contributed by atoms with E-state index in [-0.39, 0.29) is 10.8 Å². The molecule has 3 N–H and O–H groups in total. The van der Waals surface area contributed by atoms with E-state index in [1.807, 2.05) is 19.1 Å². The van der Waals surface area contributed by atoms with Crippen LogP contribution in [0.2, 0.25) is 0 Å². The molecule has 0 fully saturated rings. The van der Waals surface area contributed by atoms with E-state index in [1.165, 1.54) is 35.2 Å². The van der Waals surface area contributed by atoms with Gasteiger partial charge in [0.05, 0.1) is 4.90 Å². The van der Waals surface area contributed by atoms with Gasteiger partial charge in [-0.15, -0.1) is 11.3 Å². The number of rotatable bonds is 4. The number of primary sulfonamides is 1. The zero-order valence-corrected chi connectivity index (χ0v) is 12.9. The first-order chi connectivity index (χ1) is 9.84. The third kappa shape index (κ3) is 4.52. The largest absolute Gasteiger partial charge is 0.323 e. The Hall–Kier alpha value is -1.96. The normalized spacial score (nSPS) is 11.7. The van der Waals surface area contributed by atoms with Gasteiger partial charge < -0.3 is 5.32 Å². The van der Waals surface area contributed by atoms with E-state index in [0.717, 1.165) is 4.88 Å². The van der Waals surface area contributed by atoms with Gasteiger partial charge in [0, 0.05) is 21.5 Å². The van der Waals surface area contributed by atoms with Gasteiger partial charge in [0.1, 0.15) is 0 Å². The second-order valence-corrected chi connectivity index (χ2v) is 7.22. The van der Waals surface area contributed by atoms with E-state index in [0.29, 0.717) is 5.69 Å². The SMILES string of the molecule is Cc1ccc(/C=C/C(=O)Nc2ccc(S(N)(=O)=O)cc2)s1. The smallest absolute Gasteiger partial charge is 0.248 e. The molecule has 21 heavy (non-hydrogen) atoms. The molecule has 0 bridgehead atoms. The van der Waals surface area contributed by atoms with Crippen LogP contribution in [0, 0.1) is 6.92 Å². The second kappa shape index (κ2) is 6.21. The Morgan fingerprint density at radius 3 is 2.38 bits per heavy atom. The summed E-state index contributed by atoms with van der Waals surface area (Å²) in [5, 5.41) is 7.64. The minimum atomic E-state index is -3.72. The number of amides is 1. The maximum Gasteiger partial charge on any atom is 0.248 e. The van der Waals surface area contributed by atoms with E-state index < -0.39 is 10.0 Å². The molecule has 1 aromatic heterocycles. The van der Waals surface area contributed by atoms with Gasteiger partial charge in [0.25, 0.3) is 0 Å². The molecule has 5 nitrogen and oxygen atoms in total. The van der Waals surface area contributed by atoms with Crippen LogP contribution in [0.15, 0.2) is 47.4 Å². The maximum atomic E-state index is 11.7. The van der Waals surface area contributed by atoms with E-state index in [9.17, 15) is 13.2 Å². The first-order valence-corrected chi connectivity index (χ1v) is 8.39. The number of sulfonamides is 1. The van der Waals surface area contributed by atoms with Gasteiger partial charge in [-0.2, -0.15) is 0 Å². The highest BCUT2D eigenvalue weighted by Crippen LogP contribution is 2.17. The van der Waals surface area contributed by atoms with Crippen LogP contribution in [0.4, 0.5) is 5.69 Å². The minimum absolute atomic E-state index is 0.00472. The summed E-state index contributed by atoms with van der Waals surface area (Å²) in [5.41, 5.74) is 0.499. The van der Waals surface area contributed by atoms with Gasteiger partial charge in [-0.05, 0) is 49.4 Å². The lowest BCUT2D eigenvalue weighted by atomic mass is 10.3. The van der Waals surface area contributed by atoms with Crippen molar-refractivity contribution >= 4 is 39.0 Å². The fourth-order valence-corrected chi connectivity index (χ4v) is 2.91. The Balaban J connectivity index is 2.01. The molecule has 0 aliphatic rings. The summed E-state index contributed by atoms with van der Waals surface area (Å²) in [5.74, 6) is -0.288. The fourth-order valence-electron chi connectivity index (χ4n) is 1.61. The molecule has 110 valence electrons. The van der Waals surface area contributed by atoms with Crippen LogP contribution in [0.1, 0.15) is 9.75 Å². The molecule has 1 amide bonds. The van der Waals surface area contributed by atoms with Gasteiger partial charge in [0.2, 0.25) is 15.9 Å². The summed E-state index contributed by atoms with van der Waals surface area (Å²) in [7, 11) is -3.72. The lowest BCUT2D eigenvalue weighted by molar-refractivity contribution is -0.111. The molecule has 2 aromatic rings. The van der Waals surface area contributed by atoms with Gasteiger partial charge in [0.15, 0.2) is 0 Å². The van der Waals surface area contributed by atoms with Crippen molar-refractivity contribution in [1.29, 1.82) is 0 Å². The molecule has 0 unspecified atom stereocenters. The average Bonchev–Trinajstić information content (AvgIpc) is 2.82. The molecular weight excluding hydrogens is 308 g/mol. The van der Waals surface area contributed by atoms with E-state index in [4.69, 9.17) is 5.14 Å². The summed E-state index contributed by atoms with van der Waals surface area (Å²) in [4.78, 5) is 13.9. The molecule has 0 aliphatic heterocycles. The van der Waals surface area contributed by atoms with Crippen molar-refractivity contribution in [3.05, 3.63) is 52.2 Å². The predicted octanol–water partition coefficient (Wildman–Crippen LogP) is 2.36. The Kier molecular flexibility index (Phi) is 4.56. The number of nitrogens with one attached hydrogen (secondary N) is 1. The first kappa shape index (κ1) is 15.4. The minimum Gasteiger partial charge on any atom is -0.323 e. The molecule has 1 heterocycles. The van der Waals surface area contributed by atoms with E-state index >= 15 is 0 Å². The highest BCUT2D eigenvalue weighted by Gasteiger charge is 2.07. The van der Waals surface area contributed by atoms with Crippen LogP contribution in [0.25, 0.3) is 6.08 Å². The Labute approximate surface area is 127 Å². The standard InChI is InChI=1S/C14H14N2O3S2/c1-10-2-5-12(20-10)6-9-14(17)16-11-3-7-13(8-4-11)21(15,18)19/h2-9H,1H3,(H,16,17)(H2,15,18,19)/b9-6+. The molecule has 0 saturated carbocycles. The molecular formula is C14H14N2O3S2. The molecule has 0 radical (unpaired) electrons. The summed E-state index contributed by atoms with van der Waals surface area (Å²) < 4.78 is 22.2. The van der Waals surface area contributed by atoms with Crippen molar-refractivity contribution in [1.82, 2.24) is 0 Å². The third-order valence-electron chi connectivity index (χ3n) is 2.61. The van der Waals surface area contributed by atoms with Crippen molar-refractivity contribution in [3.63, 3.8) is 0 Å². The average molecular weight is 322 g/mol. The van der Waals surface area contributed by atoms with Crippen LogP contribution in [0.5, 0.6) is 0 Å². The number of thiophene rings is 1. The lowest BCUT2D eigenvalue weighted by Crippen LogP contribution is -2.12. The van der Waals surface area contributed by atoms with Crippen LogP contribution >= 0.6 is 11.3 Å². The first-order valence-electron chi connectivity index (χ1n) is 6.03. The summed E-state index contributed by atoms with van der Waals surface area (Å²) in [6.07, 6.45) is 3.16. The predicted molar refractivity (Wildman–Crippen MR) is 84.5 cm³/mol. The van der Waals surface area contributed by atoms with Crippen molar-refractivity contribution < 1.29 is 13.2 Å². The molecule has 0 saturated heterocycles. The summed E-state index contributed by atoms with van der Waals surface area (Å²) >= 11 is 1.59. The van der Waals surface area contributed by atoms with Crippen LogP contribution in [-0.2, 0) is 14.8 Å². The van der Waals surface area contributed by atoms with Crippen molar-refractivity contribution in [2.45, 2.75) is 11.8 Å². The van der Waals surface area contributed by atoms with Crippen LogP contribution in [-0.4, -0.2) is 14.3 Å². The van der Waals surface area contributed by atoms with Crippen molar-refractivity contribution in [2.24, 2.45) is 5.14 Å². The van der Waals surface area contributed by atoms with Crippen molar-refractivity contribution in [2.75, 3.05) is 5.32 Å². The molecule has 2 rings (SSSR count). The van der Waals surface area contributed by atoms with Crippen molar-refractivity contribution in [3.8, 4) is 0 Å². The van der Waals surface area contributed by atoms with E-state index in [2.05, 4.69) is 5.32 Å². The summed E-state index contributed by atoms with van der Waals surface area (Å²) in [6.45, 7) is 2.00. The zero-order valence-electron chi connectivity index (χ0n) is 11.2. The monoisotopic (exact) mass is 322 g/mol. The fraction of sp³-hybridized carbons (Fsp3) is 0.0714. The zero-order chi connectivity index (χ0) is 15.5. The lowest BCUT2D eigenvalue weighted by Gasteiger charge is -2.03. The number of nitrogens with two attached hydrogens (primary N) is 1. The number of hydrogen-bond acceptors (Lipinski definition) is 4. The number of carbonyl (C=O) groups is 1. The molecule has 7 heteroatoms. The van der Waals surface area contributed by atoms with E-state index in [1.54, 1.807) is 17.4 Å². The number of carbonyl (C=O) groups excluding carboxylic acids is 1. The maximum absolute atomic E-state index is 11.7. The number of hydrogen-bond donors (Lipinski definition) is 2. The van der Waals surface area contributed by atoms with Gasteiger partial charge in [-0.1, -0.05) is 0 Å². The second-order valence-electron chi connectivity index (χ2n) is 4.34. The number of benzene rings is 1. The molecule has 1 aromatic carbocycles. The number of anilines is 1. The molecule has 0 aliphatic carbocycles. The Morgan fingerprint density at radius 1 is 1.19 bits per heavy atom. The number of aryl methyl sites for hydroxylation is 1. The Bertz CT molecular complexity index is 775. The highest BCUT2D eigenvalue weighted by molar-refractivity contribution is 7.89. The van der Waals surface area contributed by atoms with Gasteiger partial charge in [-0.3, -0.25) is 4.79 Å². The highest BCUT2D eigenvalue weighted by atomic mass is 32.2.